The van der Waals surface area contributed by atoms with E-state index < -0.39 is 0 Å². The van der Waals surface area contributed by atoms with E-state index in [1.165, 1.54) is 6.20 Å². The van der Waals surface area contributed by atoms with Gasteiger partial charge in [0, 0.05) is 0 Å². The number of aromatic nitrogens is 2. The standard InChI is InChI=1S/C12H13N3O/c1-9-4-2-3-5-11(9)16-8-10-6-15-12(13)7-14-10/h2-7H,8H2,1H3,(H2,13,15). The van der Waals surface area contributed by atoms with Crippen molar-refractivity contribution in [3.05, 3.63) is 47.9 Å². The van der Waals surface area contributed by atoms with Crippen LogP contribution in [-0.4, -0.2) is 9.97 Å². The summed E-state index contributed by atoms with van der Waals surface area (Å²) in [6, 6.07) is 7.85. The van der Waals surface area contributed by atoms with E-state index in [2.05, 4.69) is 9.97 Å². The first-order valence-corrected chi connectivity index (χ1v) is 5.00. The second-order valence-corrected chi connectivity index (χ2v) is 3.49. The summed E-state index contributed by atoms with van der Waals surface area (Å²) in [5, 5.41) is 0. The van der Waals surface area contributed by atoms with E-state index in [1.807, 2.05) is 31.2 Å². The van der Waals surface area contributed by atoms with Crippen molar-refractivity contribution in [2.24, 2.45) is 0 Å². The van der Waals surface area contributed by atoms with Gasteiger partial charge in [-0.3, -0.25) is 4.98 Å². The predicted octanol–water partition coefficient (Wildman–Crippen LogP) is 1.95. The van der Waals surface area contributed by atoms with Gasteiger partial charge in [-0.1, -0.05) is 18.2 Å². The molecular weight excluding hydrogens is 202 g/mol. The van der Waals surface area contributed by atoms with Crippen molar-refractivity contribution in [2.45, 2.75) is 13.5 Å². The maximum absolute atomic E-state index is 5.62. The fourth-order valence-electron chi connectivity index (χ4n) is 1.31. The quantitative estimate of drug-likeness (QED) is 0.850. The number of aryl methyl sites for hydroxylation is 1. The Morgan fingerprint density at radius 3 is 2.69 bits per heavy atom. The lowest BCUT2D eigenvalue weighted by molar-refractivity contribution is 0.299. The van der Waals surface area contributed by atoms with Gasteiger partial charge in [-0.2, -0.15) is 0 Å². The van der Waals surface area contributed by atoms with Crippen LogP contribution in [0.4, 0.5) is 5.82 Å². The minimum absolute atomic E-state index is 0.401. The molecule has 0 atom stereocenters. The highest BCUT2D eigenvalue weighted by Gasteiger charge is 2.00. The number of rotatable bonds is 3. The normalized spacial score (nSPS) is 10.1. The van der Waals surface area contributed by atoms with Gasteiger partial charge in [-0.25, -0.2) is 4.98 Å². The van der Waals surface area contributed by atoms with Gasteiger partial charge in [0.05, 0.1) is 18.1 Å². The molecule has 0 amide bonds. The van der Waals surface area contributed by atoms with Crippen molar-refractivity contribution in [3.8, 4) is 5.75 Å². The molecule has 1 heterocycles. The molecule has 0 aliphatic rings. The highest BCUT2D eigenvalue weighted by atomic mass is 16.5. The summed E-state index contributed by atoms with van der Waals surface area (Å²) >= 11 is 0. The number of ether oxygens (including phenoxy) is 1. The Bertz CT molecular complexity index is 468. The predicted molar refractivity (Wildman–Crippen MR) is 62.0 cm³/mol. The van der Waals surface area contributed by atoms with Crippen LogP contribution in [0.3, 0.4) is 0 Å². The highest BCUT2D eigenvalue weighted by Crippen LogP contribution is 2.17. The molecule has 0 aliphatic carbocycles. The van der Waals surface area contributed by atoms with Crippen LogP contribution in [0, 0.1) is 6.92 Å². The third kappa shape index (κ3) is 2.48. The Labute approximate surface area is 94.1 Å². The van der Waals surface area contributed by atoms with Gasteiger partial charge >= 0.3 is 0 Å². The number of nitrogen functional groups attached to an aromatic ring is 1. The van der Waals surface area contributed by atoms with Crippen molar-refractivity contribution in [1.29, 1.82) is 0 Å². The molecule has 4 heteroatoms. The molecule has 82 valence electrons. The van der Waals surface area contributed by atoms with Crippen molar-refractivity contribution in [2.75, 3.05) is 5.73 Å². The number of nitrogens with two attached hydrogens (primary N) is 1. The van der Waals surface area contributed by atoms with Crippen molar-refractivity contribution < 1.29 is 4.74 Å². The summed E-state index contributed by atoms with van der Waals surface area (Å²) in [4.78, 5) is 8.06. The van der Waals surface area contributed by atoms with Gasteiger partial charge in [0.2, 0.25) is 0 Å². The van der Waals surface area contributed by atoms with E-state index in [4.69, 9.17) is 10.5 Å². The largest absolute Gasteiger partial charge is 0.487 e. The van der Waals surface area contributed by atoms with Gasteiger partial charge in [0.1, 0.15) is 18.2 Å². The van der Waals surface area contributed by atoms with Crippen LogP contribution < -0.4 is 10.5 Å². The Morgan fingerprint density at radius 2 is 2.00 bits per heavy atom. The van der Waals surface area contributed by atoms with Crippen LogP contribution in [0.2, 0.25) is 0 Å². The van der Waals surface area contributed by atoms with Crippen LogP contribution in [-0.2, 0) is 6.61 Å². The summed E-state index contributed by atoms with van der Waals surface area (Å²) in [5.74, 6) is 1.28. The Hall–Kier alpha value is -2.10. The molecule has 0 spiro atoms. The first kappa shape index (κ1) is 10.4. The molecule has 0 saturated carbocycles. The lowest BCUT2D eigenvalue weighted by Gasteiger charge is -2.07. The maximum atomic E-state index is 5.62. The monoisotopic (exact) mass is 215 g/mol. The molecule has 2 aromatic rings. The minimum atomic E-state index is 0.401. The van der Waals surface area contributed by atoms with Crippen LogP contribution in [0.25, 0.3) is 0 Å². The average Bonchev–Trinajstić information content (AvgIpc) is 2.30. The highest BCUT2D eigenvalue weighted by molar-refractivity contribution is 5.31. The Morgan fingerprint density at radius 1 is 1.19 bits per heavy atom. The number of benzene rings is 1. The maximum Gasteiger partial charge on any atom is 0.141 e. The van der Waals surface area contributed by atoms with E-state index in [0.717, 1.165) is 17.0 Å². The molecule has 0 fully saturated rings. The molecule has 0 aliphatic heterocycles. The zero-order valence-corrected chi connectivity index (χ0v) is 9.05. The van der Waals surface area contributed by atoms with Crippen molar-refractivity contribution in [3.63, 3.8) is 0 Å². The summed E-state index contributed by atoms with van der Waals surface area (Å²) in [6.45, 7) is 2.40. The minimum Gasteiger partial charge on any atom is -0.487 e. The number of hydrogen-bond donors (Lipinski definition) is 1. The zero-order valence-electron chi connectivity index (χ0n) is 9.05. The molecule has 16 heavy (non-hydrogen) atoms. The van der Waals surface area contributed by atoms with E-state index in [1.54, 1.807) is 6.20 Å². The Kier molecular flexibility index (Phi) is 3.00. The van der Waals surface area contributed by atoms with Crippen molar-refractivity contribution in [1.82, 2.24) is 9.97 Å². The number of hydrogen-bond acceptors (Lipinski definition) is 4. The van der Waals surface area contributed by atoms with Crippen molar-refractivity contribution >= 4 is 5.82 Å². The first-order chi connectivity index (χ1) is 7.75. The molecular formula is C12H13N3O. The van der Waals surface area contributed by atoms with Gasteiger partial charge in [0.15, 0.2) is 0 Å². The second-order valence-electron chi connectivity index (χ2n) is 3.49. The molecule has 2 rings (SSSR count). The van der Waals surface area contributed by atoms with E-state index in [-0.39, 0.29) is 0 Å². The third-order valence-electron chi connectivity index (χ3n) is 2.19. The van der Waals surface area contributed by atoms with Crippen LogP contribution >= 0.6 is 0 Å². The lowest BCUT2D eigenvalue weighted by Crippen LogP contribution is -2.01. The van der Waals surface area contributed by atoms with Crippen LogP contribution in [0.15, 0.2) is 36.7 Å². The molecule has 2 N–H and O–H groups in total. The summed E-state index contributed by atoms with van der Waals surface area (Å²) in [6.07, 6.45) is 3.14. The fraction of sp³-hybridized carbons (Fsp3) is 0.167. The molecule has 4 nitrogen and oxygen atoms in total. The number of nitrogens with zero attached hydrogens (tertiary/aromatic N) is 2. The number of para-hydroxylation sites is 1. The molecule has 1 aromatic carbocycles. The molecule has 0 saturated heterocycles. The smallest absolute Gasteiger partial charge is 0.141 e. The molecule has 1 aromatic heterocycles. The first-order valence-electron chi connectivity index (χ1n) is 5.00. The summed E-state index contributed by atoms with van der Waals surface area (Å²) < 4.78 is 5.62. The van der Waals surface area contributed by atoms with E-state index in [9.17, 15) is 0 Å². The van der Waals surface area contributed by atoms with E-state index in [0.29, 0.717) is 12.4 Å². The summed E-state index contributed by atoms with van der Waals surface area (Å²) in [5.41, 5.74) is 7.31. The van der Waals surface area contributed by atoms with Gasteiger partial charge in [-0.15, -0.1) is 0 Å². The number of anilines is 1. The third-order valence-corrected chi connectivity index (χ3v) is 2.19. The van der Waals surface area contributed by atoms with Gasteiger partial charge in [-0.05, 0) is 18.6 Å². The lowest BCUT2D eigenvalue weighted by atomic mass is 10.2. The molecule has 0 bridgehead atoms. The Balaban J connectivity index is 2.02. The SMILES string of the molecule is Cc1ccccc1OCc1cnc(N)cn1. The average molecular weight is 215 g/mol. The zero-order chi connectivity index (χ0) is 11.4. The van der Waals surface area contributed by atoms with Crippen LogP contribution in [0.5, 0.6) is 5.75 Å². The van der Waals surface area contributed by atoms with Gasteiger partial charge < -0.3 is 10.5 Å². The van der Waals surface area contributed by atoms with E-state index >= 15 is 0 Å². The van der Waals surface area contributed by atoms with Gasteiger partial charge in [0.25, 0.3) is 0 Å². The molecule has 0 radical (unpaired) electrons. The topological polar surface area (TPSA) is 61.0 Å². The summed E-state index contributed by atoms with van der Waals surface area (Å²) in [7, 11) is 0. The fourth-order valence-corrected chi connectivity index (χ4v) is 1.31. The van der Waals surface area contributed by atoms with Crippen LogP contribution in [0.1, 0.15) is 11.3 Å². The molecule has 0 unspecified atom stereocenters. The second kappa shape index (κ2) is 4.61.